The minimum absolute atomic E-state index is 0.0683. The summed E-state index contributed by atoms with van der Waals surface area (Å²) in [6.45, 7) is 11.9. The van der Waals surface area contributed by atoms with Gasteiger partial charge in [-0.15, -0.1) is 0 Å². The first-order chi connectivity index (χ1) is 12.0. The number of methoxy groups -OCH3 is 1. The summed E-state index contributed by atoms with van der Waals surface area (Å²) in [5.41, 5.74) is 0. The molecular formula is C20H41NO3Sn. The van der Waals surface area contributed by atoms with E-state index in [1.54, 1.807) is 0 Å². The summed E-state index contributed by atoms with van der Waals surface area (Å²) in [6, 6.07) is 0.165. The normalized spacial score (nSPS) is 21.2. The molecule has 0 saturated carbocycles. The number of hydrogen-bond donors (Lipinski definition) is 0. The molecular weight excluding hydrogens is 421 g/mol. The van der Waals surface area contributed by atoms with E-state index in [0.29, 0.717) is 12.5 Å². The Morgan fingerprint density at radius 1 is 1.08 bits per heavy atom. The topological polar surface area (TPSA) is 38.8 Å². The monoisotopic (exact) mass is 463 g/mol. The van der Waals surface area contributed by atoms with Crippen molar-refractivity contribution in [2.45, 2.75) is 96.7 Å². The second-order valence-electron chi connectivity index (χ2n) is 8.05. The first-order valence-corrected chi connectivity index (χ1v) is 18.2. The molecule has 4 nitrogen and oxygen atoms in total. The molecule has 0 N–H and O–H groups in total. The summed E-state index contributed by atoms with van der Waals surface area (Å²) < 4.78 is 15.7. The third-order valence-corrected chi connectivity index (χ3v) is 21.6. The molecule has 0 unspecified atom stereocenters. The van der Waals surface area contributed by atoms with E-state index in [1.165, 1.54) is 58.9 Å². The fraction of sp³-hybridized carbons (Fsp3) is 0.950. The Bertz CT molecular complexity index is 367. The number of unbranched alkanes of at least 4 members (excludes halogenated alkanes) is 3. The van der Waals surface area contributed by atoms with Crippen molar-refractivity contribution in [3.05, 3.63) is 0 Å². The van der Waals surface area contributed by atoms with Crippen LogP contribution in [0.15, 0.2) is 0 Å². The molecule has 1 aliphatic heterocycles. The van der Waals surface area contributed by atoms with Gasteiger partial charge in [-0.3, -0.25) is 0 Å². The van der Waals surface area contributed by atoms with Crippen molar-refractivity contribution in [2.75, 3.05) is 13.7 Å². The fourth-order valence-electron chi connectivity index (χ4n) is 4.18. The molecule has 0 aliphatic carbocycles. The summed E-state index contributed by atoms with van der Waals surface area (Å²) in [4.78, 5) is 14.7. The van der Waals surface area contributed by atoms with E-state index in [9.17, 15) is 4.79 Å². The third kappa shape index (κ3) is 6.02. The van der Waals surface area contributed by atoms with Crippen molar-refractivity contribution in [3.63, 3.8) is 0 Å². The van der Waals surface area contributed by atoms with Gasteiger partial charge in [-0.1, -0.05) is 0 Å². The van der Waals surface area contributed by atoms with Gasteiger partial charge in [0.05, 0.1) is 0 Å². The maximum absolute atomic E-state index is 12.7. The van der Waals surface area contributed by atoms with Crippen LogP contribution in [0, 0.1) is 5.92 Å². The zero-order chi connectivity index (χ0) is 18.9. The number of hydrogen-bond acceptors (Lipinski definition) is 3. The van der Waals surface area contributed by atoms with Gasteiger partial charge in [0.2, 0.25) is 0 Å². The van der Waals surface area contributed by atoms with Crippen LogP contribution in [0.3, 0.4) is 0 Å². The Labute approximate surface area is 159 Å². The summed E-state index contributed by atoms with van der Waals surface area (Å²) in [5.74, 6) is 0.400. The number of carbonyl (C=O) groups excluding carboxylic acids is 1. The van der Waals surface area contributed by atoms with Crippen LogP contribution in [0.1, 0.15) is 73.1 Å². The third-order valence-electron chi connectivity index (χ3n) is 5.80. The number of ether oxygens (including phenoxy) is 2. The van der Waals surface area contributed by atoms with Crippen molar-refractivity contribution in [1.29, 1.82) is 0 Å². The molecule has 1 aliphatic rings. The summed E-state index contributed by atoms with van der Waals surface area (Å²) in [5, 5.41) is 0. The van der Waals surface area contributed by atoms with Crippen molar-refractivity contribution in [2.24, 2.45) is 5.92 Å². The van der Waals surface area contributed by atoms with Gasteiger partial charge in [0.25, 0.3) is 0 Å². The summed E-state index contributed by atoms with van der Waals surface area (Å²) >= 11 is -2.68. The molecule has 0 spiro atoms. The minimum atomic E-state index is -2.68. The molecule has 1 heterocycles. The molecule has 0 aromatic heterocycles. The van der Waals surface area contributed by atoms with Gasteiger partial charge >= 0.3 is 160 Å². The second-order valence-corrected chi connectivity index (χ2v) is 21.5. The SMILES string of the molecule is CCC[CH2][Sn]([CH2]CCC)([CH2]CCC)[C@H]1OC[C@H](C(C)C)N1C(=O)OC. The van der Waals surface area contributed by atoms with E-state index in [-0.39, 0.29) is 16.4 Å². The fourth-order valence-corrected chi connectivity index (χ4v) is 21.3. The Morgan fingerprint density at radius 2 is 1.56 bits per heavy atom. The van der Waals surface area contributed by atoms with Crippen molar-refractivity contribution < 1.29 is 14.3 Å². The number of carbonyl (C=O) groups is 1. The van der Waals surface area contributed by atoms with Crippen molar-refractivity contribution in [3.8, 4) is 0 Å². The summed E-state index contributed by atoms with van der Waals surface area (Å²) in [6.07, 6.45) is 7.37. The molecule has 0 aromatic carbocycles. The quantitative estimate of drug-likeness (QED) is 0.363. The molecule has 0 bridgehead atoms. The maximum atomic E-state index is 12.7. The molecule has 1 fully saturated rings. The standard InChI is InChI=1S/C8H14NO3.3C4H9.Sn/c1-6(2)7-4-12-5-9(7)8(10)11-3;3*1-3-4-2;/h5-7H,4H2,1-3H3;3*1,3-4H2,2H3;/t7-;;;;/m1..../s1. The molecule has 2 atom stereocenters. The molecule has 1 rings (SSSR count). The van der Waals surface area contributed by atoms with E-state index < -0.39 is 18.4 Å². The van der Waals surface area contributed by atoms with E-state index in [1.807, 2.05) is 4.90 Å². The van der Waals surface area contributed by atoms with Crippen LogP contribution in [0.4, 0.5) is 4.79 Å². The van der Waals surface area contributed by atoms with Crippen molar-refractivity contribution in [1.82, 2.24) is 4.90 Å². The second kappa shape index (κ2) is 11.7. The molecule has 25 heavy (non-hydrogen) atoms. The number of rotatable bonds is 11. The van der Waals surface area contributed by atoms with Crippen LogP contribution >= 0.6 is 0 Å². The molecule has 0 radical (unpaired) electrons. The summed E-state index contributed by atoms with van der Waals surface area (Å²) in [7, 11) is 1.51. The Kier molecular flexibility index (Phi) is 10.8. The number of amides is 1. The van der Waals surface area contributed by atoms with Gasteiger partial charge < -0.3 is 0 Å². The average molecular weight is 462 g/mol. The van der Waals surface area contributed by atoms with Gasteiger partial charge in [-0.05, 0) is 0 Å². The average Bonchev–Trinajstić information content (AvgIpc) is 3.06. The molecule has 1 amide bonds. The zero-order valence-corrected chi connectivity index (χ0v) is 20.3. The predicted molar refractivity (Wildman–Crippen MR) is 108 cm³/mol. The van der Waals surface area contributed by atoms with Crippen LogP contribution in [-0.4, -0.2) is 53.4 Å². The Balaban J connectivity index is 3.19. The van der Waals surface area contributed by atoms with Crippen LogP contribution in [0.25, 0.3) is 0 Å². The van der Waals surface area contributed by atoms with Gasteiger partial charge in [-0.2, -0.15) is 0 Å². The Hall–Kier alpha value is 0.0287. The van der Waals surface area contributed by atoms with Gasteiger partial charge in [0, 0.05) is 0 Å². The van der Waals surface area contributed by atoms with Crippen LogP contribution < -0.4 is 0 Å². The van der Waals surface area contributed by atoms with E-state index >= 15 is 0 Å². The molecule has 148 valence electrons. The van der Waals surface area contributed by atoms with E-state index in [4.69, 9.17) is 9.47 Å². The Morgan fingerprint density at radius 3 is 1.92 bits per heavy atom. The van der Waals surface area contributed by atoms with Crippen LogP contribution in [0.5, 0.6) is 0 Å². The first kappa shape index (κ1) is 23.1. The predicted octanol–water partition coefficient (Wildman–Crippen LogP) is 5.82. The zero-order valence-electron chi connectivity index (χ0n) is 17.5. The van der Waals surface area contributed by atoms with E-state index in [0.717, 1.165) is 0 Å². The molecule has 0 aromatic rings. The van der Waals surface area contributed by atoms with Gasteiger partial charge in [-0.25, -0.2) is 0 Å². The first-order valence-electron chi connectivity index (χ1n) is 10.4. The van der Waals surface area contributed by atoms with Gasteiger partial charge in [0.15, 0.2) is 0 Å². The number of nitrogens with zero attached hydrogens (tertiary/aromatic N) is 1. The van der Waals surface area contributed by atoms with Gasteiger partial charge in [0.1, 0.15) is 0 Å². The molecule has 5 heteroatoms. The molecule has 1 saturated heterocycles. The van der Waals surface area contributed by atoms with Crippen molar-refractivity contribution >= 4 is 24.5 Å². The van der Waals surface area contributed by atoms with Crippen LogP contribution in [0.2, 0.25) is 13.3 Å². The van der Waals surface area contributed by atoms with E-state index in [2.05, 4.69) is 34.6 Å². The van der Waals surface area contributed by atoms with Crippen LogP contribution in [-0.2, 0) is 9.47 Å².